The van der Waals surface area contributed by atoms with Crippen molar-refractivity contribution in [3.05, 3.63) is 34.9 Å². The monoisotopic (exact) mass is 238 g/mol. The molecular formula is C10H11BrN2. The van der Waals surface area contributed by atoms with Crippen LogP contribution in [0.1, 0.15) is 1.43 Å². The summed E-state index contributed by atoms with van der Waals surface area (Å²) in [6.07, 6.45) is 1.87. The molecule has 13 heavy (non-hydrogen) atoms. The minimum Gasteiger partial charge on any atom is -0.373 e. The van der Waals surface area contributed by atoms with Gasteiger partial charge in [-0.15, -0.1) is 0 Å². The standard InChI is InChI=1S/C10H9BrN2.H2/c1-12-10-5-7-2-3-9(11)4-8(7)6-13-10;/h2-6H,1H3,(H,12,13);1H. The van der Waals surface area contributed by atoms with Crippen molar-refractivity contribution in [1.82, 2.24) is 4.98 Å². The Hall–Kier alpha value is -1.09. The van der Waals surface area contributed by atoms with E-state index in [4.69, 9.17) is 0 Å². The Balaban J connectivity index is 0.000000980. The number of aromatic nitrogens is 1. The van der Waals surface area contributed by atoms with Gasteiger partial charge in [0.2, 0.25) is 0 Å². The zero-order valence-electron chi connectivity index (χ0n) is 7.21. The fourth-order valence-corrected chi connectivity index (χ4v) is 1.63. The first-order chi connectivity index (χ1) is 6.29. The van der Waals surface area contributed by atoms with Crippen LogP contribution < -0.4 is 5.32 Å². The molecule has 0 saturated carbocycles. The molecule has 2 rings (SSSR count). The second-order valence-electron chi connectivity index (χ2n) is 2.81. The summed E-state index contributed by atoms with van der Waals surface area (Å²) in [5, 5.41) is 5.35. The third-order valence-electron chi connectivity index (χ3n) is 1.94. The van der Waals surface area contributed by atoms with Crippen molar-refractivity contribution in [1.29, 1.82) is 0 Å². The van der Waals surface area contributed by atoms with E-state index in [9.17, 15) is 0 Å². The molecule has 68 valence electrons. The molecule has 2 nitrogen and oxygen atoms in total. The van der Waals surface area contributed by atoms with Gasteiger partial charge in [0, 0.05) is 24.5 Å². The van der Waals surface area contributed by atoms with Crippen LogP contribution in [0.5, 0.6) is 0 Å². The Morgan fingerprint density at radius 3 is 2.92 bits per heavy atom. The number of rotatable bonds is 1. The van der Waals surface area contributed by atoms with E-state index < -0.39 is 0 Å². The normalized spacial score (nSPS) is 10.3. The lowest BCUT2D eigenvalue weighted by Gasteiger charge is -2.01. The number of anilines is 1. The van der Waals surface area contributed by atoms with Gasteiger partial charge in [-0.25, -0.2) is 4.98 Å². The third-order valence-corrected chi connectivity index (χ3v) is 2.43. The highest BCUT2D eigenvalue weighted by molar-refractivity contribution is 9.10. The molecule has 0 saturated heterocycles. The van der Waals surface area contributed by atoms with Crippen LogP contribution in [-0.4, -0.2) is 12.0 Å². The predicted octanol–water partition coefficient (Wildman–Crippen LogP) is 3.29. The highest BCUT2D eigenvalue weighted by atomic mass is 79.9. The summed E-state index contributed by atoms with van der Waals surface area (Å²) < 4.78 is 1.08. The van der Waals surface area contributed by atoms with E-state index in [0.717, 1.165) is 15.7 Å². The van der Waals surface area contributed by atoms with Gasteiger partial charge in [0.25, 0.3) is 0 Å². The van der Waals surface area contributed by atoms with Crippen LogP contribution in [0.4, 0.5) is 5.82 Å². The van der Waals surface area contributed by atoms with Gasteiger partial charge >= 0.3 is 0 Å². The number of hydrogen-bond donors (Lipinski definition) is 1. The first-order valence-corrected chi connectivity index (χ1v) is 4.82. The summed E-state index contributed by atoms with van der Waals surface area (Å²) in [6, 6.07) is 8.19. The Kier molecular flexibility index (Phi) is 2.19. The van der Waals surface area contributed by atoms with Crippen LogP contribution in [0.2, 0.25) is 0 Å². The topological polar surface area (TPSA) is 24.9 Å². The van der Waals surface area contributed by atoms with Crippen LogP contribution >= 0.6 is 15.9 Å². The van der Waals surface area contributed by atoms with Gasteiger partial charge in [0.1, 0.15) is 5.82 Å². The molecule has 2 aromatic rings. The van der Waals surface area contributed by atoms with Crippen LogP contribution in [0, 0.1) is 0 Å². The summed E-state index contributed by atoms with van der Waals surface area (Å²) >= 11 is 3.42. The molecule has 0 unspecified atom stereocenters. The first-order valence-electron chi connectivity index (χ1n) is 4.02. The zero-order chi connectivity index (χ0) is 9.26. The molecule has 0 aliphatic carbocycles. The number of halogens is 1. The minimum absolute atomic E-state index is 0. The minimum atomic E-state index is 0. The molecule has 0 amide bonds. The number of pyridine rings is 1. The van der Waals surface area contributed by atoms with Crippen molar-refractivity contribution >= 4 is 32.5 Å². The molecule has 1 aromatic carbocycles. The number of nitrogens with one attached hydrogen (secondary N) is 1. The lowest BCUT2D eigenvalue weighted by atomic mass is 10.2. The number of hydrogen-bond acceptors (Lipinski definition) is 2. The summed E-state index contributed by atoms with van der Waals surface area (Å²) in [6.45, 7) is 0. The van der Waals surface area contributed by atoms with Gasteiger partial charge in [-0.2, -0.15) is 0 Å². The molecule has 1 N–H and O–H groups in total. The third kappa shape index (κ3) is 1.65. The lowest BCUT2D eigenvalue weighted by Crippen LogP contribution is -1.90. The Labute approximate surface area is 86.6 Å². The fourth-order valence-electron chi connectivity index (χ4n) is 1.25. The van der Waals surface area contributed by atoms with E-state index >= 15 is 0 Å². The summed E-state index contributed by atoms with van der Waals surface area (Å²) in [4.78, 5) is 4.23. The van der Waals surface area contributed by atoms with Crippen LogP contribution in [0.25, 0.3) is 10.8 Å². The summed E-state index contributed by atoms with van der Waals surface area (Å²) in [5.41, 5.74) is 0. The Bertz CT molecular complexity index is 445. The molecule has 0 radical (unpaired) electrons. The zero-order valence-corrected chi connectivity index (χ0v) is 8.80. The van der Waals surface area contributed by atoms with Crippen molar-refractivity contribution < 1.29 is 1.43 Å². The highest BCUT2D eigenvalue weighted by Gasteiger charge is 1.96. The molecule has 0 atom stereocenters. The SMILES string of the molecule is CNc1cc2ccc(Br)cc2cn1.[HH]. The molecule has 0 spiro atoms. The summed E-state index contributed by atoms with van der Waals surface area (Å²) in [5.74, 6) is 0.898. The molecule has 3 heteroatoms. The average Bonchev–Trinajstić information content (AvgIpc) is 2.17. The van der Waals surface area contributed by atoms with Gasteiger partial charge in [0.05, 0.1) is 0 Å². The fraction of sp³-hybridized carbons (Fsp3) is 0.100. The van der Waals surface area contributed by atoms with Crippen molar-refractivity contribution in [3.8, 4) is 0 Å². The smallest absolute Gasteiger partial charge is 0.126 e. The number of benzene rings is 1. The molecule has 0 bridgehead atoms. The second kappa shape index (κ2) is 3.34. The lowest BCUT2D eigenvalue weighted by molar-refractivity contribution is 1.31. The van der Waals surface area contributed by atoms with Gasteiger partial charge in [-0.1, -0.05) is 22.0 Å². The molecule has 1 heterocycles. The first kappa shape index (κ1) is 8.51. The quantitative estimate of drug-likeness (QED) is 0.825. The molecule has 0 fully saturated rings. The van der Waals surface area contributed by atoms with E-state index in [1.807, 2.05) is 25.4 Å². The predicted molar refractivity (Wildman–Crippen MR) is 61.1 cm³/mol. The van der Waals surface area contributed by atoms with E-state index in [1.54, 1.807) is 0 Å². The van der Waals surface area contributed by atoms with Crippen molar-refractivity contribution in [3.63, 3.8) is 0 Å². The largest absolute Gasteiger partial charge is 0.373 e. The van der Waals surface area contributed by atoms with E-state index in [0.29, 0.717) is 0 Å². The van der Waals surface area contributed by atoms with Crippen molar-refractivity contribution in [2.75, 3.05) is 12.4 Å². The maximum Gasteiger partial charge on any atom is 0.126 e. The van der Waals surface area contributed by atoms with E-state index in [1.165, 1.54) is 5.39 Å². The van der Waals surface area contributed by atoms with Crippen molar-refractivity contribution in [2.45, 2.75) is 0 Å². The Morgan fingerprint density at radius 2 is 2.15 bits per heavy atom. The molecular weight excluding hydrogens is 228 g/mol. The summed E-state index contributed by atoms with van der Waals surface area (Å²) in [7, 11) is 1.87. The van der Waals surface area contributed by atoms with Crippen LogP contribution in [-0.2, 0) is 0 Å². The van der Waals surface area contributed by atoms with E-state index in [-0.39, 0.29) is 1.43 Å². The van der Waals surface area contributed by atoms with Gasteiger partial charge < -0.3 is 5.32 Å². The molecule has 0 aliphatic rings. The second-order valence-corrected chi connectivity index (χ2v) is 3.73. The van der Waals surface area contributed by atoms with Crippen molar-refractivity contribution in [2.24, 2.45) is 0 Å². The molecule has 0 aliphatic heterocycles. The molecule has 1 aromatic heterocycles. The highest BCUT2D eigenvalue weighted by Crippen LogP contribution is 2.20. The average molecular weight is 239 g/mol. The van der Waals surface area contributed by atoms with Gasteiger partial charge in [-0.05, 0) is 23.6 Å². The van der Waals surface area contributed by atoms with Crippen LogP contribution in [0.3, 0.4) is 0 Å². The van der Waals surface area contributed by atoms with Gasteiger partial charge in [0.15, 0.2) is 0 Å². The number of nitrogens with zero attached hydrogens (tertiary/aromatic N) is 1. The van der Waals surface area contributed by atoms with Crippen LogP contribution in [0.15, 0.2) is 34.9 Å². The number of fused-ring (bicyclic) bond motifs is 1. The maximum atomic E-state index is 4.23. The maximum absolute atomic E-state index is 4.23. The Morgan fingerprint density at radius 1 is 1.31 bits per heavy atom. The van der Waals surface area contributed by atoms with E-state index in [2.05, 4.69) is 38.4 Å². The van der Waals surface area contributed by atoms with Gasteiger partial charge in [-0.3, -0.25) is 0 Å².